The number of nitrogens with one attached hydrogen (secondary N) is 1. The smallest absolute Gasteiger partial charge is 0.270 e. The highest BCUT2D eigenvalue weighted by Gasteiger charge is 2.16. The molecule has 0 bridgehead atoms. The molecule has 1 N–H and O–H groups in total. The highest BCUT2D eigenvalue weighted by molar-refractivity contribution is 6.06. The van der Waals surface area contributed by atoms with Gasteiger partial charge in [0.1, 0.15) is 17.5 Å². The Labute approximate surface area is 226 Å². The van der Waals surface area contributed by atoms with Gasteiger partial charge in [-0.3, -0.25) is 14.9 Å². The first-order valence-corrected chi connectivity index (χ1v) is 12.3. The van der Waals surface area contributed by atoms with E-state index >= 15 is 0 Å². The van der Waals surface area contributed by atoms with E-state index in [0.29, 0.717) is 47.9 Å². The van der Waals surface area contributed by atoms with Gasteiger partial charge in [0.05, 0.1) is 17.0 Å². The van der Waals surface area contributed by atoms with Crippen LogP contribution in [0.1, 0.15) is 23.9 Å². The number of nitro groups is 1. The second kappa shape index (κ2) is 12.9. The van der Waals surface area contributed by atoms with Gasteiger partial charge in [-0.1, -0.05) is 6.08 Å². The lowest BCUT2D eigenvalue weighted by atomic mass is 10.1. The minimum Gasteiger partial charge on any atom is -0.365 e. The number of carbonyl (C=O) groups is 1. The summed E-state index contributed by atoms with van der Waals surface area (Å²) in [6.45, 7) is 6.18. The van der Waals surface area contributed by atoms with Crippen molar-refractivity contribution in [3.63, 3.8) is 0 Å². The maximum Gasteiger partial charge on any atom is 0.270 e. The van der Waals surface area contributed by atoms with E-state index in [1.165, 1.54) is 24.1 Å². The van der Waals surface area contributed by atoms with E-state index in [-0.39, 0.29) is 23.4 Å². The van der Waals surface area contributed by atoms with Crippen molar-refractivity contribution in [2.45, 2.75) is 27.3 Å². The lowest BCUT2D eigenvalue weighted by Gasteiger charge is -2.23. The maximum absolute atomic E-state index is 14.8. The molecule has 3 aromatic rings. The summed E-state index contributed by atoms with van der Waals surface area (Å²) in [4.78, 5) is 35.2. The molecular weight excluding hydrogens is 503 g/mol. The van der Waals surface area contributed by atoms with Crippen LogP contribution in [0.25, 0.3) is 10.9 Å². The van der Waals surface area contributed by atoms with Gasteiger partial charge in [-0.25, -0.2) is 19.4 Å². The lowest BCUT2D eigenvalue weighted by Crippen LogP contribution is -2.32. The molecule has 0 aliphatic heterocycles. The Morgan fingerprint density at radius 3 is 2.54 bits per heavy atom. The predicted molar refractivity (Wildman–Crippen MR) is 151 cm³/mol. The van der Waals surface area contributed by atoms with Crippen LogP contribution in [-0.2, 0) is 11.3 Å². The average Bonchev–Trinajstić information content (AvgIpc) is 2.90. The number of hydrogen-bond donors (Lipinski definition) is 1. The van der Waals surface area contributed by atoms with Gasteiger partial charge in [0.2, 0.25) is 6.41 Å². The molecular formula is C27H33FN8O3. The predicted octanol–water partition coefficient (Wildman–Crippen LogP) is 4.25. The molecule has 0 radical (unpaired) electrons. The van der Waals surface area contributed by atoms with Crippen LogP contribution in [0.2, 0.25) is 0 Å². The van der Waals surface area contributed by atoms with E-state index in [4.69, 9.17) is 0 Å². The van der Waals surface area contributed by atoms with Crippen LogP contribution < -0.4 is 10.2 Å². The van der Waals surface area contributed by atoms with Gasteiger partial charge in [-0.2, -0.15) is 5.10 Å². The highest BCUT2D eigenvalue weighted by Crippen LogP contribution is 2.28. The van der Waals surface area contributed by atoms with Gasteiger partial charge < -0.3 is 15.1 Å². The summed E-state index contributed by atoms with van der Waals surface area (Å²) in [5.74, 6) is 1.01. The molecule has 1 aromatic heterocycles. The first kappa shape index (κ1) is 29.1. The zero-order valence-corrected chi connectivity index (χ0v) is 23.0. The van der Waals surface area contributed by atoms with Crippen molar-refractivity contribution in [2.75, 3.05) is 44.4 Å². The van der Waals surface area contributed by atoms with Crippen molar-refractivity contribution in [1.29, 1.82) is 0 Å². The number of halogens is 1. The fraction of sp³-hybridized carbons (Fsp3) is 0.333. The third kappa shape index (κ3) is 7.32. The Kier molecular flexibility index (Phi) is 9.61. The number of amides is 1. The lowest BCUT2D eigenvalue weighted by molar-refractivity contribution is -0.385. The summed E-state index contributed by atoms with van der Waals surface area (Å²) < 4.78 is 14.8. The number of aromatic nitrogens is 2. The van der Waals surface area contributed by atoms with Crippen molar-refractivity contribution >= 4 is 40.3 Å². The number of hydrazone groups is 1. The van der Waals surface area contributed by atoms with Crippen LogP contribution in [0.15, 0.2) is 47.6 Å². The van der Waals surface area contributed by atoms with E-state index < -0.39 is 10.7 Å². The number of hydrogen-bond acceptors (Lipinski definition) is 8. The number of allylic oxidation sites excluding steroid dienone is 1. The summed E-state index contributed by atoms with van der Waals surface area (Å²) in [7, 11) is 5.67. The standard InChI is InChI=1S/C27H33FN8O3/c1-7-8-25(32-35(17-37)12-11-33(4)5)34(6)21-9-10-24-23(15-21)27(31-19(3)30-24)29-16-20-14-22(36(38)39)13-18(2)26(20)28/h7-10,13-15,17H,11-12,16H2,1-6H3,(H,29,30,31)/b8-7-,32-25+. The third-order valence-electron chi connectivity index (χ3n) is 5.94. The fourth-order valence-electron chi connectivity index (χ4n) is 3.86. The van der Waals surface area contributed by atoms with Crippen LogP contribution in [-0.4, -0.2) is 71.3 Å². The Bertz CT molecular complexity index is 1420. The van der Waals surface area contributed by atoms with Gasteiger partial charge in [-0.15, -0.1) is 0 Å². The minimum absolute atomic E-state index is 0.00851. The van der Waals surface area contributed by atoms with Crippen molar-refractivity contribution in [3.05, 3.63) is 75.4 Å². The number of benzene rings is 2. The number of anilines is 2. The monoisotopic (exact) mass is 536 g/mol. The number of rotatable bonds is 11. The van der Waals surface area contributed by atoms with Gasteiger partial charge >= 0.3 is 0 Å². The summed E-state index contributed by atoms with van der Waals surface area (Å²) in [5, 5.41) is 20.9. The van der Waals surface area contributed by atoms with Crippen molar-refractivity contribution in [2.24, 2.45) is 5.10 Å². The molecule has 2 aromatic carbocycles. The molecule has 0 saturated carbocycles. The number of likely N-dealkylation sites (N-methyl/N-ethyl adjacent to an activating group) is 2. The van der Waals surface area contributed by atoms with E-state index in [2.05, 4.69) is 20.4 Å². The van der Waals surface area contributed by atoms with Crippen molar-refractivity contribution in [1.82, 2.24) is 19.9 Å². The van der Waals surface area contributed by atoms with Crippen molar-refractivity contribution in [3.8, 4) is 0 Å². The molecule has 39 heavy (non-hydrogen) atoms. The quantitative estimate of drug-likeness (QED) is 0.127. The molecule has 3 rings (SSSR count). The SMILES string of the molecule is C/C=C\C(=N/N(C=O)CCN(C)C)N(C)c1ccc2nc(C)nc(NCc3cc([N+](=O)[O-])cc(C)c3F)c2c1. The summed E-state index contributed by atoms with van der Waals surface area (Å²) in [6.07, 6.45) is 4.32. The molecule has 1 heterocycles. The number of non-ortho nitro benzene ring substituents is 1. The number of carbonyl (C=O) groups excluding carboxylic acids is 1. The molecule has 206 valence electrons. The topological polar surface area (TPSA) is 120 Å². The fourth-order valence-corrected chi connectivity index (χ4v) is 3.86. The number of nitro benzene ring substituents is 1. The first-order valence-electron chi connectivity index (χ1n) is 12.3. The molecule has 0 fully saturated rings. The van der Waals surface area contributed by atoms with Crippen LogP contribution in [0.5, 0.6) is 0 Å². The highest BCUT2D eigenvalue weighted by atomic mass is 19.1. The molecule has 0 atom stereocenters. The Morgan fingerprint density at radius 1 is 1.15 bits per heavy atom. The van der Waals surface area contributed by atoms with Crippen LogP contribution in [0, 0.1) is 29.8 Å². The van der Waals surface area contributed by atoms with Gasteiger partial charge in [0, 0.05) is 48.9 Å². The van der Waals surface area contributed by atoms with Crippen LogP contribution in [0.3, 0.4) is 0 Å². The molecule has 11 nitrogen and oxygen atoms in total. The summed E-state index contributed by atoms with van der Waals surface area (Å²) in [6, 6.07) is 8.03. The Hall–Kier alpha value is -4.45. The first-order chi connectivity index (χ1) is 18.5. The van der Waals surface area contributed by atoms with Gasteiger partial charge in [0.15, 0.2) is 5.84 Å². The van der Waals surface area contributed by atoms with Crippen molar-refractivity contribution < 1.29 is 14.1 Å². The van der Waals surface area contributed by atoms with Crippen LogP contribution >= 0.6 is 0 Å². The largest absolute Gasteiger partial charge is 0.365 e. The molecule has 0 unspecified atom stereocenters. The molecule has 12 heteroatoms. The van der Waals surface area contributed by atoms with E-state index in [0.717, 1.165) is 5.69 Å². The third-order valence-corrected chi connectivity index (χ3v) is 5.94. The summed E-state index contributed by atoms with van der Waals surface area (Å²) >= 11 is 0. The second-order valence-corrected chi connectivity index (χ2v) is 9.26. The molecule has 0 spiro atoms. The van der Waals surface area contributed by atoms with Gasteiger partial charge in [0.25, 0.3) is 5.69 Å². The summed E-state index contributed by atoms with van der Waals surface area (Å²) in [5.41, 5.74) is 1.60. The molecule has 0 aliphatic carbocycles. The Balaban J connectivity index is 1.98. The average molecular weight is 537 g/mol. The zero-order valence-electron chi connectivity index (χ0n) is 23.0. The Morgan fingerprint density at radius 2 is 1.90 bits per heavy atom. The maximum atomic E-state index is 14.8. The van der Waals surface area contributed by atoms with E-state index in [1.807, 2.05) is 62.1 Å². The second-order valence-electron chi connectivity index (χ2n) is 9.26. The molecule has 1 amide bonds. The zero-order chi connectivity index (χ0) is 28.7. The normalized spacial score (nSPS) is 11.8. The van der Waals surface area contributed by atoms with Gasteiger partial charge in [-0.05, 0) is 64.7 Å². The number of nitrogens with zero attached hydrogens (tertiary/aromatic N) is 7. The van der Waals surface area contributed by atoms with Crippen LogP contribution in [0.4, 0.5) is 21.6 Å². The van der Waals surface area contributed by atoms with E-state index in [1.54, 1.807) is 13.0 Å². The number of fused-ring (bicyclic) bond motifs is 1. The molecule has 0 saturated heterocycles. The number of aryl methyl sites for hydroxylation is 2. The van der Waals surface area contributed by atoms with E-state index in [9.17, 15) is 19.3 Å². The molecule has 0 aliphatic rings. The minimum atomic E-state index is -0.543. The number of amidine groups is 1.